The fourth-order valence-electron chi connectivity index (χ4n) is 2.50. The average Bonchev–Trinajstić information content (AvgIpc) is 2.98. The van der Waals surface area contributed by atoms with E-state index in [1.165, 1.54) is 0 Å². The number of benzene rings is 1. The maximum Gasteiger partial charge on any atom is 0.123 e. The van der Waals surface area contributed by atoms with Gasteiger partial charge >= 0.3 is 0 Å². The Morgan fingerprint density at radius 3 is 2.67 bits per heavy atom. The van der Waals surface area contributed by atoms with Crippen molar-refractivity contribution < 1.29 is 0 Å². The Balaban J connectivity index is 1.94. The predicted molar refractivity (Wildman–Crippen MR) is 68.9 cm³/mol. The van der Waals surface area contributed by atoms with Crippen LogP contribution in [-0.4, -0.2) is 0 Å². The molecule has 1 aromatic carbocycles. The summed E-state index contributed by atoms with van der Waals surface area (Å²) in [7, 11) is 0. The zero-order chi connectivity index (χ0) is 11.9. The van der Waals surface area contributed by atoms with Gasteiger partial charge in [0.25, 0.3) is 0 Å². The molecule has 2 aliphatic heterocycles. The number of para-hydroxylation sites is 1. The molecule has 0 saturated carbocycles. The first-order valence-electron chi connectivity index (χ1n) is 6.11. The van der Waals surface area contributed by atoms with Crippen LogP contribution in [0.15, 0.2) is 75.2 Å². The highest BCUT2D eigenvalue weighted by molar-refractivity contribution is 5.68. The van der Waals surface area contributed by atoms with Crippen LogP contribution in [0.25, 0.3) is 5.70 Å². The zero-order valence-electron chi connectivity index (χ0n) is 9.74. The summed E-state index contributed by atoms with van der Waals surface area (Å²) in [6, 6.07) is 8.09. The minimum atomic E-state index is 0.216. The fraction of sp³-hybridized carbons (Fsp3) is 0.133. The third-order valence-corrected chi connectivity index (χ3v) is 3.39. The normalized spacial score (nSPS) is 20.3. The van der Waals surface area contributed by atoms with Gasteiger partial charge in [-0.3, -0.25) is 0 Å². The Morgan fingerprint density at radius 1 is 0.944 bits per heavy atom. The standard InChI is InChI=1S/C15H11N3/c1-2-6-10(7-3-1)13-15-14(18-17-13)11-8-4-5-9-12(11)16-15/h2-10H,1H2. The minimum absolute atomic E-state index is 0.216. The van der Waals surface area contributed by atoms with Gasteiger partial charge < -0.3 is 0 Å². The molecule has 0 aromatic heterocycles. The van der Waals surface area contributed by atoms with Gasteiger partial charge in [-0.25, -0.2) is 4.99 Å². The summed E-state index contributed by atoms with van der Waals surface area (Å²) >= 11 is 0. The van der Waals surface area contributed by atoms with Crippen LogP contribution in [0.5, 0.6) is 0 Å². The van der Waals surface area contributed by atoms with Crippen LogP contribution >= 0.6 is 0 Å². The van der Waals surface area contributed by atoms with Crippen molar-refractivity contribution in [1.82, 2.24) is 0 Å². The highest BCUT2D eigenvalue weighted by Gasteiger charge is 2.26. The topological polar surface area (TPSA) is 37.1 Å². The lowest BCUT2D eigenvalue weighted by molar-refractivity contribution is 0.892. The summed E-state index contributed by atoms with van der Waals surface area (Å²) in [6.07, 6.45) is 9.66. The second-order valence-electron chi connectivity index (χ2n) is 4.53. The summed E-state index contributed by atoms with van der Waals surface area (Å²) < 4.78 is 0. The third-order valence-electron chi connectivity index (χ3n) is 3.39. The quantitative estimate of drug-likeness (QED) is 0.667. The van der Waals surface area contributed by atoms with Crippen LogP contribution in [0.2, 0.25) is 0 Å². The van der Waals surface area contributed by atoms with Gasteiger partial charge in [0.05, 0.1) is 5.36 Å². The van der Waals surface area contributed by atoms with E-state index in [2.05, 4.69) is 45.6 Å². The number of fused-ring (bicyclic) bond motifs is 2. The van der Waals surface area contributed by atoms with Gasteiger partial charge in [-0.15, -0.1) is 5.11 Å². The molecule has 0 saturated heterocycles. The number of hydrogen-bond acceptors (Lipinski definition) is 3. The van der Waals surface area contributed by atoms with Crippen LogP contribution in [0, 0.1) is 5.92 Å². The van der Waals surface area contributed by atoms with Crippen LogP contribution in [-0.2, 0) is 0 Å². The van der Waals surface area contributed by atoms with Crippen LogP contribution < -0.4 is 10.6 Å². The molecular weight excluding hydrogens is 222 g/mol. The Hall–Kier alpha value is -2.29. The van der Waals surface area contributed by atoms with Crippen molar-refractivity contribution in [3.8, 4) is 0 Å². The molecule has 0 spiro atoms. The third kappa shape index (κ3) is 1.27. The molecule has 0 radical (unpaired) electrons. The molecule has 2 heterocycles. The molecule has 0 bridgehead atoms. The lowest BCUT2D eigenvalue weighted by Crippen LogP contribution is -2.21. The van der Waals surface area contributed by atoms with Crippen molar-refractivity contribution in [3.63, 3.8) is 0 Å². The maximum absolute atomic E-state index is 4.66. The van der Waals surface area contributed by atoms with Gasteiger partial charge in [0.1, 0.15) is 17.1 Å². The Labute approximate surface area is 104 Å². The van der Waals surface area contributed by atoms with Crippen molar-refractivity contribution in [3.05, 3.63) is 70.5 Å². The van der Waals surface area contributed by atoms with E-state index in [1.54, 1.807) is 0 Å². The molecule has 3 heteroatoms. The van der Waals surface area contributed by atoms with Gasteiger partial charge in [0, 0.05) is 11.1 Å². The number of azo groups is 1. The first-order chi connectivity index (χ1) is 8.93. The van der Waals surface area contributed by atoms with Crippen molar-refractivity contribution in [1.29, 1.82) is 0 Å². The molecule has 1 aromatic rings. The molecule has 0 N–H and O–H groups in total. The summed E-state index contributed by atoms with van der Waals surface area (Å²) in [6.45, 7) is 0. The molecule has 3 aliphatic rings. The summed E-state index contributed by atoms with van der Waals surface area (Å²) in [5, 5.41) is 10.7. The van der Waals surface area contributed by atoms with Gasteiger partial charge in [-0.1, -0.05) is 42.5 Å². The molecule has 1 aliphatic carbocycles. The molecule has 0 amide bonds. The first-order valence-corrected chi connectivity index (χ1v) is 6.11. The van der Waals surface area contributed by atoms with E-state index in [0.717, 1.165) is 34.1 Å². The van der Waals surface area contributed by atoms with Gasteiger partial charge in [0.15, 0.2) is 0 Å². The summed E-state index contributed by atoms with van der Waals surface area (Å²) in [5.41, 5.74) is 2.83. The summed E-state index contributed by atoms with van der Waals surface area (Å²) in [4.78, 5) is 4.66. The van der Waals surface area contributed by atoms with E-state index < -0.39 is 0 Å². The predicted octanol–water partition coefficient (Wildman–Crippen LogP) is 2.24. The Morgan fingerprint density at radius 2 is 1.78 bits per heavy atom. The van der Waals surface area contributed by atoms with Crippen molar-refractivity contribution in [2.45, 2.75) is 6.42 Å². The fourth-order valence-corrected chi connectivity index (χ4v) is 2.50. The van der Waals surface area contributed by atoms with Gasteiger partial charge in [0.2, 0.25) is 0 Å². The second-order valence-corrected chi connectivity index (χ2v) is 4.53. The van der Waals surface area contributed by atoms with E-state index in [1.807, 2.05) is 18.2 Å². The van der Waals surface area contributed by atoms with Crippen molar-refractivity contribution >= 4 is 5.70 Å². The Bertz CT molecular complexity index is 751. The van der Waals surface area contributed by atoms with E-state index in [0.29, 0.717) is 0 Å². The second kappa shape index (κ2) is 3.60. The highest BCUT2D eigenvalue weighted by atomic mass is 15.2. The largest absolute Gasteiger partial charge is 0.244 e. The maximum atomic E-state index is 4.66. The monoisotopic (exact) mass is 233 g/mol. The van der Waals surface area contributed by atoms with Crippen LogP contribution in [0.3, 0.4) is 0 Å². The van der Waals surface area contributed by atoms with Gasteiger partial charge in [-0.2, -0.15) is 5.11 Å². The average molecular weight is 233 g/mol. The molecule has 0 fully saturated rings. The zero-order valence-corrected chi connectivity index (χ0v) is 9.74. The molecular formula is C15H11N3. The number of allylic oxidation sites excluding steroid dienone is 3. The molecule has 18 heavy (non-hydrogen) atoms. The molecule has 4 rings (SSSR count). The number of hydrogen-bond donors (Lipinski definition) is 0. The van der Waals surface area contributed by atoms with Crippen LogP contribution in [0.1, 0.15) is 6.42 Å². The SMILES string of the molecule is C1=CC(C2=C3N=c4ccccc4=C3N=N2)C=CC1. The van der Waals surface area contributed by atoms with E-state index >= 15 is 0 Å². The highest BCUT2D eigenvalue weighted by Crippen LogP contribution is 2.34. The smallest absolute Gasteiger partial charge is 0.123 e. The molecule has 0 unspecified atom stereocenters. The summed E-state index contributed by atoms with van der Waals surface area (Å²) in [5.74, 6) is 0.216. The number of nitrogens with zero attached hydrogens (tertiary/aromatic N) is 3. The molecule has 0 atom stereocenters. The molecule has 3 nitrogen and oxygen atoms in total. The van der Waals surface area contributed by atoms with Gasteiger partial charge in [-0.05, 0) is 12.5 Å². The number of rotatable bonds is 1. The van der Waals surface area contributed by atoms with E-state index in [9.17, 15) is 0 Å². The molecule has 86 valence electrons. The first kappa shape index (κ1) is 9.71. The lowest BCUT2D eigenvalue weighted by Gasteiger charge is -2.09. The van der Waals surface area contributed by atoms with Crippen molar-refractivity contribution in [2.24, 2.45) is 21.1 Å². The Kier molecular flexibility index (Phi) is 1.94. The van der Waals surface area contributed by atoms with E-state index in [-0.39, 0.29) is 5.92 Å². The van der Waals surface area contributed by atoms with Crippen molar-refractivity contribution in [2.75, 3.05) is 0 Å². The lowest BCUT2D eigenvalue weighted by atomic mass is 9.98. The van der Waals surface area contributed by atoms with E-state index in [4.69, 9.17) is 0 Å². The van der Waals surface area contributed by atoms with Crippen LogP contribution in [0.4, 0.5) is 0 Å². The minimum Gasteiger partial charge on any atom is -0.244 e.